The molecule has 1 amide bonds. The Morgan fingerprint density at radius 3 is 2.69 bits per heavy atom. The number of likely N-dealkylation sites (tertiary alicyclic amines) is 1. The van der Waals surface area contributed by atoms with E-state index in [1.54, 1.807) is 0 Å². The summed E-state index contributed by atoms with van der Waals surface area (Å²) in [5.41, 5.74) is 4.19. The van der Waals surface area contributed by atoms with Crippen LogP contribution in [0.5, 0.6) is 0 Å². The van der Waals surface area contributed by atoms with Crippen LogP contribution in [0.25, 0.3) is 5.57 Å². The molecule has 1 saturated heterocycles. The first-order valence-electron chi connectivity index (χ1n) is 8.87. The van der Waals surface area contributed by atoms with Gasteiger partial charge in [0.25, 0.3) is 5.91 Å². The molecule has 0 atom stereocenters. The summed E-state index contributed by atoms with van der Waals surface area (Å²) in [4.78, 5) is 14.7. The van der Waals surface area contributed by atoms with Crippen LogP contribution in [-0.4, -0.2) is 33.7 Å². The lowest BCUT2D eigenvalue weighted by Gasteiger charge is -2.45. The number of piperidine rings is 1. The average molecular weight is 349 g/mol. The highest BCUT2D eigenvalue weighted by Crippen LogP contribution is 2.47. The number of carbonyl (C=O) groups excluding carboxylic acids is 1. The van der Waals surface area contributed by atoms with E-state index in [0.29, 0.717) is 18.8 Å². The zero-order valence-corrected chi connectivity index (χ0v) is 15.3. The lowest BCUT2D eigenvalue weighted by atomic mass is 9.80. The van der Waals surface area contributed by atoms with Crippen molar-refractivity contribution in [2.75, 3.05) is 13.1 Å². The summed E-state index contributed by atoms with van der Waals surface area (Å²) >= 11 is 0. The Kier molecular flexibility index (Phi) is 3.75. The Bertz CT molecular complexity index is 917. The van der Waals surface area contributed by atoms with E-state index in [-0.39, 0.29) is 5.91 Å². The average Bonchev–Trinajstić information content (AvgIpc) is 3.03. The van der Waals surface area contributed by atoms with Gasteiger partial charge in [-0.05, 0) is 19.1 Å². The van der Waals surface area contributed by atoms with Crippen molar-refractivity contribution in [2.45, 2.75) is 25.4 Å². The second kappa shape index (κ2) is 5.87. The fraction of sp³-hybridized carbons (Fsp3) is 0.333. The minimum absolute atomic E-state index is 0.0778. The van der Waals surface area contributed by atoms with Gasteiger partial charge >= 0.3 is 0 Å². The Balaban J connectivity index is 1.58. The lowest BCUT2D eigenvalue weighted by molar-refractivity contribution is -0.0457. The van der Waals surface area contributed by atoms with E-state index in [9.17, 15) is 4.79 Å². The molecule has 5 nitrogen and oxygen atoms in total. The van der Waals surface area contributed by atoms with E-state index in [1.165, 1.54) is 0 Å². The Labute approximate surface area is 153 Å². The van der Waals surface area contributed by atoms with E-state index in [1.807, 2.05) is 54.0 Å². The molecule has 0 radical (unpaired) electrons. The van der Waals surface area contributed by atoms with Gasteiger partial charge in [0.05, 0.1) is 11.9 Å². The standard InChI is InChI=1S/C21H23N3O2/c1-14-6-5-7-17(12-14)20(25)24-10-8-21(9-11-24)18-13-22-23(4)19(18)15(2)16(3)26-21/h5-7,12-13H,2-3,8-11H2,1,4H3. The number of benzene rings is 1. The van der Waals surface area contributed by atoms with Crippen LogP contribution in [0, 0.1) is 6.92 Å². The molecule has 0 bridgehead atoms. The van der Waals surface area contributed by atoms with Gasteiger partial charge in [0.1, 0.15) is 11.4 Å². The molecule has 2 aliphatic heterocycles. The first kappa shape index (κ1) is 16.6. The number of carbonyl (C=O) groups is 1. The van der Waals surface area contributed by atoms with Gasteiger partial charge in [0.2, 0.25) is 0 Å². The molecule has 0 aliphatic carbocycles. The van der Waals surface area contributed by atoms with Crippen molar-refractivity contribution in [3.8, 4) is 0 Å². The van der Waals surface area contributed by atoms with E-state index >= 15 is 0 Å². The number of aromatic nitrogens is 2. The van der Waals surface area contributed by atoms with Gasteiger partial charge in [0.15, 0.2) is 0 Å². The molecule has 1 aromatic heterocycles. The minimum Gasteiger partial charge on any atom is -0.482 e. The third kappa shape index (κ3) is 2.46. The molecule has 134 valence electrons. The van der Waals surface area contributed by atoms with E-state index in [4.69, 9.17) is 4.74 Å². The summed E-state index contributed by atoms with van der Waals surface area (Å²) in [7, 11) is 1.91. The molecule has 1 spiro atoms. The van der Waals surface area contributed by atoms with Gasteiger partial charge < -0.3 is 9.64 Å². The van der Waals surface area contributed by atoms with Crippen LogP contribution < -0.4 is 0 Å². The zero-order valence-electron chi connectivity index (χ0n) is 15.3. The van der Waals surface area contributed by atoms with Gasteiger partial charge in [-0.1, -0.05) is 30.9 Å². The van der Waals surface area contributed by atoms with Crippen molar-refractivity contribution in [3.05, 3.63) is 71.8 Å². The molecular weight excluding hydrogens is 326 g/mol. The highest BCUT2D eigenvalue weighted by Gasteiger charge is 2.46. The monoisotopic (exact) mass is 349 g/mol. The number of rotatable bonds is 1. The van der Waals surface area contributed by atoms with Crippen LogP contribution in [0.2, 0.25) is 0 Å². The van der Waals surface area contributed by atoms with Gasteiger partial charge in [-0.25, -0.2) is 0 Å². The number of hydrogen-bond donors (Lipinski definition) is 0. The molecular formula is C21H23N3O2. The van der Waals surface area contributed by atoms with Crippen LogP contribution in [0.4, 0.5) is 0 Å². The van der Waals surface area contributed by atoms with Crippen molar-refractivity contribution < 1.29 is 9.53 Å². The highest BCUT2D eigenvalue weighted by atomic mass is 16.5. The molecule has 2 aromatic rings. The summed E-state index contributed by atoms with van der Waals surface area (Å²) in [6.45, 7) is 11.4. The fourth-order valence-electron chi connectivity index (χ4n) is 4.02. The van der Waals surface area contributed by atoms with E-state index in [0.717, 1.165) is 40.8 Å². The van der Waals surface area contributed by atoms with Crippen LogP contribution in [0.3, 0.4) is 0 Å². The molecule has 5 heteroatoms. The Hall–Kier alpha value is -2.82. The fourth-order valence-corrected chi connectivity index (χ4v) is 4.02. The van der Waals surface area contributed by atoms with Gasteiger partial charge in [0, 0.05) is 49.7 Å². The molecule has 3 heterocycles. The number of amides is 1. The number of aryl methyl sites for hydroxylation is 2. The first-order valence-corrected chi connectivity index (χ1v) is 8.87. The van der Waals surface area contributed by atoms with Gasteiger partial charge in [-0.3, -0.25) is 9.48 Å². The minimum atomic E-state index is -0.467. The van der Waals surface area contributed by atoms with Gasteiger partial charge in [-0.2, -0.15) is 5.10 Å². The summed E-state index contributed by atoms with van der Waals surface area (Å²) < 4.78 is 8.07. The van der Waals surface area contributed by atoms with Gasteiger partial charge in [-0.15, -0.1) is 0 Å². The maximum absolute atomic E-state index is 12.8. The van der Waals surface area contributed by atoms with Crippen LogP contribution in [-0.2, 0) is 17.4 Å². The molecule has 26 heavy (non-hydrogen) atoms. The molecule has 0 N–H and O–H groups in total. The molecule has 0 unspecified atom stereocenters. The molecule has 4 rings (SSSR count). The second-order valence-corrected chi connectivity index (χ2v) is 7.19. The van der Waals surface area contributed by atoms with Crippen molar-refractivity contribution >= 4 is 11.5 Å². The topological polar surface area (TPSA) is 47.4 Å². The number of ether oxygens (including phenoxy) is 1. The van der Waals surface area contributed by atoms with E-state index < -0.39 is 5.60 Å². The maximum Gasteiger partial charge on any atom is 0.253 e. The SMILES string of the molecule is C=C1OC2(CCN(C(=O)c3cccc(C)c3)CC2)c2cnn(C)c2C1=C. The molecule has 0 saturated carbocycles. The summed E-state index contributed by atoms with van der Waals surface area (Å²) in [5, 5.41) is 4.40. The third-order valence-electron chi connectivity index (χ3n) is 5.49. The zero-order chi connectivity index (χ0) is 18.5. The smallest absolute Gasteiger partial charge is 0.253 e. The summed E-state index contributed by atoms with van der Waals surface area (Å²) in [5.74, 6) is 0.675. The highest BCUT2D eigenvalue weighted by molar-refractivity contribution is 5.94. The summed E-state index contributed by atoms with van der Waals surface area (Å²) in [6, 6.07) is 7.74. The number of fused-ring (bicyclic) bond motifs is 2. The number of hydrogen-bond acceptors (Lipinski definition) is 3. The quantitative estimate of drug-likeness (QED) is 0.793. The van der Waals surface area contributed by atoms with Crippen molar-refractivity contribution in [2.24, 2.45) is 7.05 Å². The summed E-state index contributed by atoms with van der Waals surface area (Å²) in [6.07, 6.45) is 3.30. The van der Waals surface area contributed by atoms with Crippen molar-refractivity contribution in [1.82, 2.24) is 14.7 Å². The third-order valence-corrected chi connectivity index (χ3v) is 5.49. The molecule has 1 aromatic carbocycles. The van der Waals surface area contributed by atoms with Crippen LogP contribution in [0.15, 0.2) is 49.4 Å². The Morgan fingerprint density at radius 2 is 2.00 bits per heavy atom. The van der Waals surface area contributed by atoms with Crippen LogP contribution >= 0.6 is 0 Å². The lowest BCUT2D eigenvalue weighted by Crippen LogP contribution is -2.47. The van der Waals surface area contributed by atoms with Crippen LogP contribution in [0.1, 0.15) is 40.0 Å². The molecule has 2 aliphatic rings. The van der Waals surface area contributed by atoms with Crippen molar-refractivity contribution in [1.29, 1.82) is 0 Å². The maximum atomic E-state index is 12.8. The predicted octanol–water partition coefficient (Wildman–Crippen LogP) is 3.42. The largest absolute Gasteiger partial charge is 0.482 e. The normalized spacial score (nSPS) is 18.6. The van der Waals surface area contributed by atoms with E-state index in [2.05, 4.69) is 18.3 Å². The predicted molar refractivity (Wildman–Crippen MR) is 100 cm³/mol. The second-order valence-electron chi connectivity index (χ2n) is 7.19. The Morgan fingerprint density at radius 1 is 1.27 bits per heavy atom. The first-order chi connectivity index (χ1) is 12.4. The number of allylic oxidation sites excluding steroid dienone is 1. The van der Waals surface area contributed by atoms with Crippen molar-refractivity contribution in [3.63, 3.8) is 0 Å². The number of nitrogens with zero attached hydrogens (tertiary/aromatic N) is 3. The molecule has 1 fully saturated rings.